The second-order valence-electron chi connectivity index (χ2n) is 7.20. The van der Waals surface area contributed by atoms with Crippen LogP contribution in [0, 0.1) is 0 Å². The summed E-state index contributed by atoms with van der Waals surface area (Å²) in [5.74, 6) is -2.12. The Kier molecular flexibility index (Phi) is 7.35. The third-order valence-electron chi connectivity index (χ3n) is 4.88. The van der Waals surface area contributed by atoms with Gasteiger partial charge in [-0.2, -0.15) is 0 Å². The highest BCUT2D eigenvalue weighted by Crippen LogP contribution is 2.15. The van der Waals surface area contributed by atoms with Crippen molar-refractivity contribution in [3.63, 3.8) is 0 Å². The highest BCUT2D eigenvalue weighted by molar-refractivity contribution is 9.10. The Labute approximate surface area is 187 Å². The summed E-state index contributed by atoms with van der Waals surface area (Å²) in [6.07, 6.45) is 1.76. The lowest BCUT2D eigenvalue weighted by atomic mass is 10.0. The van der Waals surface area contributed by atoms with E-state index in [0.29, 0.717) is 16.6 Å². The molecule has 2 heterocycles. The maximum Gasteiger partial charge on any atom is 0.243 e. The number of nitrogens with two attached hydrogens (primary N) is 1. The molecule has 0 bridgehead atoms. The van der Waals surface area contributed by atoms with Gasteiger partial charge in [-0.3, -0.25) is 19.2 Å². The summed E-state index contributed by atoms with van der Waals surface area (Å²) in [6, 6.07) is 10.0. The average Bonchev–Trinajstić information content (AvgIpc) is 2.73. The molecule has 10 heteroatoms. The van der Waals surface area contributed by atoms with Crippen molar-refractivity contribution >= 4 is 39.6 Å². The van der Waals surface area contributed by atoms with Crippen molar-refractivity contribution in [1.82, 2.24) is 20.9 Å². The van der Waals surface area contributed by atoms with E-state index >= 15 is 0 Å². The Morgan fingerprint density at radius 1 is 1.06 bits per heavy atom. The van der Waals surface area contributed by atoms with Crippen LogP contribution in [0.4, 0.5) is 0 Å². The number of carbonyl (C=O) groups excluding carboxylic acids is 4. The molecule has 0 unspecified atom stereocenters. The van der Waals surface area contributed by atoms with E-state index in [1.54, 1.807) is 18.3 Å². The van der Waals surface area contributed by atoms with Gasteiger partial charge >= 0.3 is 0 Å². The molecule has 1 aliphatic rings. The molecule has 4 amide bonds. The summed E-state index contributed by atoms with van der Waals surface area (Å²) in [7, 11) is 0. The fraction of sp³-hybridized carbons (Fsp3) is 0.286. The van der Waals surface area contributed by atoms with Crippen LogP contribution in [0.1, 0.15) is 17.5 Å². The van der Waals surface area contributed by atoms with E-state index in [-0.39, 0.29) is 18.7 Å². The molecule has 1 aliphatic heterocycles. The minimum absolute atomic E-state index is 0.137. The van der Waals surface area contributed by atoms with Gasteiger partial charge in [0.25, 0.3) is 0 Å². The Balaban J connectivity index is 1.57. The van der Waals surface area contributed by atoms with Crippen molar-refractivity contribution in [3.05, 3.63) is 64.4 Å². The fourth-order valence-corrected chi connectivity index (χ4v) is 3.68. The zero-order valence-electron chi connectivity index (χ0n) is 16.5. The van der Waals surface area contributed by atoms with Crippen LogP contribution in [0.5, 0.6) is 0 Å². The van der Waals surface area contributed by atoms with Crippen LogP contribution in [0.2, 0.25) is 0 Å². The van der Waals surface area contributed by atoms with E-state index in [2.05, 4.69) is 36.9 Å². The summed E-state index contributed by atoms with van der Waals surface area (Å²) in [6.45, 7) is 0. The number of amides is 4. The predicted molar refractivity (Wildman–Crippen MR) is 115 cm³/mol. The molecule has 31 heavy (non-hydrogen) atoms. The minimum Gasteiger partial charge on any atom is -0.368 e. The van der Waals surface area contributed by atoms with Gasteiger partial charge in [0.15, 0.2) is 0 Å². The van der Waals surface area contributed by atoms with Gasteiger partial charge in [0, 0.05) is 19.0 Å². The molecule has 1 saturated heterocycles. The summed E-state index contributed by atoms with van der Waals surface area (Å²) in [5.41, 5.74) is 7.02. The zero-order chi connectivity index (χ0) is 22.4. The first-order valence-corrected chi connectivity index (χ1v) is 10.5. The van der Waals surface area contributed by atoms with E-state index in [0.717, 1.165) is 5.56 Å². The Bertz CT molecular complexity index is 985. The first kappa shape index (κ1) is 22.4. The van der Waals surface area contributed by atoms with E-state index in [4.69, 9.17) is 5.73 Å². The molecule has 1 fully saturated rings. The second kappa shape index (κ2) is 10.2. The van der Waals surface area contributed by atoms with Crippen molar-refractivity contribution in [3.8, 4) is 0 Å². The number of carbonyl (C=O) groups is 4. The Morgan fingerprint density at radius 3 is 2.42 bits per heavy atom. The zero-order valence-corrected chi connectivity index (χ0v) is 18.1. The molecule has 0 aliphatic carbocycles. The molecule has 5 N–H and O–H groups in total. The number of primary amides is 1. The monoisotopic (exact) mass is 487 g/mol. The molecular formula is C21H22BrN5O4. The number of aromatic nitrogens is 1. The van der Waals surface area contributed by atoms with Crippen LogP contribution in [0.3, 0.4) is 0 Å². The number of nitrogens with zero attached hydrogens (tertiary/aromatic N) is 1. The lowest BCUT2D eigenvalue weighted by Crippen LogP contribution is -2.63. The number of rotatable bonds is 8. The molecule has 1 aromatic heterocycles. The maximum atomic E-state index is 12.4. The fourth-order valence-electron chi connectivity index (χ4n) is 3.27. The standard InChI is InChI=1S/C21H22BrN5O4/c22-18-13(7-4-8-24-18)10-14(19(23)29)25-17(28)11-16-21(31)26-15(20(30)27-16)9-12-5-2-1-3-6-12/h1-8,14-16H,9-11H2,(H2,23,29)(H,25,28)(H,26,31)(H,27,30)/t14-,15-,16-/m0/s1. The van der Waals surface area contributed by atoms with Gasteiger partial charge in [0.05, 0.1) is 6.42 Å². The number of halogens is 1. The van der Waals surface area contributed by atoms with Crippen LogP contribution in [-0.2, 0) is 32.0 Å². The van der Waals surface area contributed by atoms with Crippen molar-refractivity contribution in [2.24, 2.45) is 5.73 Å². The van der Waals surface area contributed by atoms with Crippen molar-refractivity contribution in [1.29, 1.82) is 0 Å². The van der Waals surface area contributed by atoms with Crippen molar-refractivity contribution < 1.29 is 19.2 Å². The number of pyridine rings is 1. The lowest BCUT2D eigenvalue weighted by molar-refractivity contribution is -0.138. The van der Waals surface area contributed by atoms with Crippen LogP contribution >= 0.6 is 15.9 Å². The summed E-state index contributed by atoms with van der Waals surface area (Å²) < 4.78 is 0.541. The molecule has 2 aromatic rings. The highest BCUT2D eigenvalue weighted by Gasteiger charge is 2.35. The predicted octanol–water partition coefficient (Wildman–Crippen LogP) is -0.0273. The Morgan fingerprint density at radius 2 is 1.74 bits per heavy atom. The molecule has 3 rings (SSSR count). The largest absolute Gasteiger partial charge is 0.368 e. The topological polar surface area (TPSA) is 143 Å². The summed E-state index contributed by atoms with van der Waals surface area (Å²) in [5, 5.41) is 7.77. The number of nitrogens with one attached hydrogen (secondary N) is 3. The van der Waals surface area contributed by atoms with Crippen LogP contribution in [0.25, 0.3) is 0 Å². The van der Waals surface area contributed by atoms with E-state index in [1.807, 2.05) is 30.3 Å². The van der Waals surface area contributed by atoms with Gasteiger partial charge in [0.1, 0.15) is 22.7 Å². The molecule has 0 radical (unpaired) electrons. The number of piperazine rings is 1. The van der Waals surface area contributed by atoms with Gasteiger partial charge in [0.2, 0.25) is 23.6 Å². The minimum atomic E-state index is -1.03. The number of hydrogen-bond donors (Lipinski definition) is 4. The molecule has 0 saturated carbocycles. The third-order valence-corrected chi connectivity index (χ3v) is 5.59. The van der Waals surface area contributed by atoms with E-state index in [1.165, 1.54) is 0 Å². The molecule has 162 valence electrons. The van der Waals surface area contributed by atoms with Crippen molar-refractivity contribution in [2.75, 3.05) is 0 Å². The van der Waals surface area contributed by atoms with Gasteiger partial charge in [-0.25, -0.2) is 4.98 Å². The molecule has 9 nitrogen and oxygen atoms in total. The summed E-state index contributed by atoms with van der Waals surface area (Å²) in [4.78, 5) is 53.1. The Hall–Kier alpha value is -3.27. The highest BCUT2D eigenvalue weighted by atomic mass is 79.9. The molecule has 1 aromatic carbocycles. The first-order valence-electron chi connectivity index (χ1n) is 9.66. The van der Waals surface area contributed by atoms with Gasteiger partial charge in [-0.05, 0) is 33.1 Å². The second-order valence-corrected chi connectivity index (χ2v) is 7.95. The number of benzene rings is 1. The van der Waals surface area contributed by atoms with Crippen LogP contribution < -0.4 is 21.7 Å². The first-order chi connectivity index (χ1) is 14.8. The SMILES string of the molecule is NC(=O)[C@H](Cc1cccnc1Br)NC(=O)C[C@@H]1NC(=O)[C@H](Cc2ccccc2)NC1=O. The normalized spacial score (nSPS) is 19.1. The summed E-state index contributed by atoms with van der Waals surface area (Å²) >= 11 is 3.29. The van der Waals surface area contributed by atoms with E-state index < -0.39 is 35.8 Å². The lowest BCUT2D eigenvalue weighted by Gasteiger charge is -2.29. The maximum absolute atomic E-state index is 12.4. The third kappa shape index (κ3) is 6.11. The molecule has 0 spiro atoms. The number of hydrogen-bond acceptors (Lipinski definition) is 5. The molecular weight excluding hydrogens is 466 g/mol. The average molecular weight is 488 g/mol. The van der Waals surface area contributed by atoms with Crippen molar-refractivity contribution in [2.45, 2.75) is 37.4 Å². The van der Waals surface area contributed by atoms with Gasteiger partial charge in [-0.15, -0.1) is 0 Å². The smallest absolute Gasteiger partial charge is 0.243 e. The van der Waals surface area contributed by atoms with Crippen LogP contribution in [0.15, 0.2) is 53.3 Å². The van der Waals surface area contributed by atoms with Gasteiger partial charge < -0.3 is 21.7 Å². The van der Waals surface area contributed by atoms with Crippen LogP contribution in [-0.4, -0.2) is 46.7 Å². The van der Waals surface area contributed by atoms with Gasteiger partial charge in [-0.1, -0.05) is 36.4 Å². The van der Waals surface area contributed by atoms with E-state index in [9.17, 15) is 19.2 Å². The molecule has 3 atom stereocenters. The quantitative estimate of drug-likeness (QED) is 0.386.